The molecule has 0 saturated heterocycles. The zero-order valence-corrected chi connectivity index (χ0v) is 66.2. The number of nitrogens with zero attached hydrogens (tertiary/aromatic N) is 5. The average molecular weight is 1550 g/mol. The van der Waals surface area contributed by atoms with Crippen molar-refractivity contribution in [3.05, 3.63) is 352 Å². The van der Waals surface area contributed by atoms with Gasteiger partial charge < -0.3 is 31.0 Å². The van der Waals surface area contributed by atoms with Crippen molar-refractivity contribution < 1.29 is 19.2 Å². The van der Waals surface area contributed by atoms with Crippen LogP contribution in [0.1, 0.15) is 121 Å². The van der Waals surface area contributed by atoms with Gasteiger partial charge in [0.05, 0.1) is 48.5 Å². The summed E-state index contributed by atoms with van der Waals surface area (Å²) in [5, 5.41) is 13.4. The molecule has 13 nitrogen and oxygen atoms in total. The fourth-order valence-electron chi connectivity index (χ4n) is 12.2. The molecule has 6 heterocycles. The first-order valence-electron chi connectivity index (χ1n) is 37.2. The van der Waals surface area contributed by atoms with Gasteiger partial charge in [-0.1, -0.05) is 172 Å². The van der Waals surface area contributed by atoms with Gasteiger partial charge in [-0.2, -0.15) is 0 Å². The van der Waals surface area contributed by atoms with Gasteiger partial charge in [-0.3, -0.25) is 24.2 Å². The Hall–Kier alpha value is -12.5. The lowest BCUT2D eigenvalue weighted by Gasteiger charge is -2.16. The van der Waals surface area contributed by atoms with Gasteiger partial charge in [-0.25, -0.2) is 16.5 Å². The minimum absolute atomic E-state index is 0.0126. The van der Waals surface area contributed by atoms with E-state index in [1.165, 1.54) is 22.5 Å². The van der Waals surface area contributed by atoms with Gasteiger partial charge in [-0.15, -0.1) is 57.7 Å². The number of terminal acetylenes is 1. The van der Waals surface area contributed by atoms with Crippen molar-refractivity contribution in [2.75, 3.05) is 40.9 Å². The number of aromatic nitrogens is 3. The maximum absolute atomic E-state index is 12.8. The number of likely N-dealkylation sites (N-methyl/N-ethyl adjacent to an activating group) is 1. The van der Waals surface area contributed by atoms with E-state index in [0.717, 1.165) is 109 Å². The smallest absolute Gasteiger partial charge is 0.264 e. The number of ketones is 3. The SMILES string of the molecule is C#CCCC(CC)C(=O)c1ccc(-c2cccc(Nc3ccccc3)c2)s1.C[C@@H](CC(=O)c1ccc(-c2cccc(Nc3ccccc3)c2)s1)c1ccccc1.C[C@@H](CC(=O)c1ccc(-c2cccc(Nc3ccccc3)c2)s1)c1ccccc1.[C-]#[N+]CCN(CC)C(=O)c1ccc(-c2ccnc(Nc3cccnc3)n2)s1. The molecule has 17 heteroatoms. The minimum atomic E-state index is -0.0554. The number of nitrogens with one attached hydrogen (secondary N) is 4. The summed E-state index contributed by atoms with van der Waals surface area (Å²) < 4.78 is 0. The Morgan fingerprint density at radius 1 is 0.464 bits per heavy atom. The molecule has 1 amide bonds. The number of hydrogen-bond acceptors (Lipinski definition) is 15. The second-order valence-electron chi connectivity index (χ2n) is 26.4. The molecule has 4 N–H and O–H groups in total. The molecular weight excluding hydrogens is 1460 g/mol. The highest BCUT2D eigenvalue weighted by molar-refractivity contribution is 7.18. The molecule has 8 aromatic carbocycles. The number of Topliss-reactive ketones (excluding diaryl/α,β-unsaturated/α-hetero) is 3. The quantitative estimate of drug-likeness (QED) is 0.0201. The Bertz CT molecular complexity index is 5070. The lowest BCUT2D eigenvalue weighted by Crippen LogP contribution is -2.32. The second kappa shape index (κ2) is 41.9. The predicted molar refractivity (Wildman–Crippen MR) is 468 cm³/mol. The molecule has 14 aromatic rings. The third kappa shape index (κ3) is 23.8. The van der Waals surface area contributed by atoms with Crippen LogP contribution in [-0.2, 0) is 0 Å². The van der Waals surface area contributed by atoms with Crippen LogP contribution < -0.4 is 21.3 Å². The highest BCUT2D eigenvalue weighted by Gasteiger charge is 2.23. The number of benzene rings is 8. The number of carbonyl (C=O) groups is 4. The van der Waals surface area contributed by atoms with E-state index in [1.807, 2.05) is 226 Å². The van der Waals surface area contributed by atoms with Gasteiger partial charge in [0.1, 0.15) is 0 Å². The Kier molecular flexibility index (Phi) is 30.1. The van der Waals surface area contributed by atoms with Crippen LogP contribution in [0.5, 0.6) is 0 Å². The largest absolute Gasteiger partial charge is 0.356 e. The molecule has 0 aliphatic heterocycles. The van der Waals surface area contributed by atoms with E-state index in [-0.39, 0.29) is 41.0 Å². The molecule has 0 spiro atoms. The molecule has 0 bridgehead atoms. The number of pyridine rings is 1. The number of thiophene rings is 4. The standard InChI is InChI=1S/2C26H23NOS.C24H23NOS.C19H18N6OS/c2*1-19(20-9-4-2-5-10-20)17-24(28)26-16-15-25(29-26)21-11-8-14-23(18-21)27-22-12-6-3-7-13-22;1-3-5-10-18(4-2)24(26)23-16-15-22(27-23)19-11-9-14-21(17-19)25-20-12-7-6-8-13-20;1-3-25(12-11-20-2)18(26)17-7-6-16(27-17)15-8-10-22-19(24-15)23-14-5-4-9-21-13-14/h2*2-16,18-19,27H,17H2,1H3;1,6-9,11-18,25H,4-5,10H2,2H3;4-10,13H,3,11-12H2,1H3,(H,22,23,24)/t2*19-;;/m00../s1. The van der Waals surface area contributed by atoms with Crippen LogP contribution in [-0.4, -0.2) is 62.7 Å². The summed E-state index contributed by atoms with van der Waals surface area (Å²) in [6.07, 6.45) is 13.7. The summed E-state index contributed by atoms with van der Waals surface area (Å²) in [6, 6.07) is 96.9. The number of anilines is 8. The zero-order valence-electron chi connectivity index (χ0n) is 62.9. The maximum Gasteiger partial charge on any atom is 0.264 e. The van der Waals surface area contributed by atoms with Crippen molar-refractivity contribution in [1.82, 2.24) is 19.9 Å². The molecule has 0 aliphatic rings. The summed E-state index contributed by atoms with van der Waals surface area (Å²) in [5.74, 6) is 4.12. The molecule has 560 valence electrons. The number of amides is 1. The van der Waals surface area contributed by atoms with Gasteiger partial charge in [0.15, 0.2) is 17.3 Å². The van der Waals surface area contributed by atoms with Crippen LogP contribution in [0.4, 0.5) is 45.8 Å². The van der Waals surface area contributed by atoms with Crippen LogP contribution in [0, 0.1) is 24.8 Å². The van der Waals surface area contributed by atoms with E-state index < -0.39 is 0 Å². The zero-order chi connectivity index (χ0) is 78.2. The van der Waals surface area contributed by atoms with Crippen molar-refractivity contribution in [1.29, 1.82) is 0 Å². The van der Waals surface area contributed by atoms with Crippen molar-refractivity contribution in [3.8, 4) is 54.2 Å². The van der Waals surface area contributed by atoms with Crippen molar-refractivity contribution >= 4 is 114 Å². The number of rotatable bonds is 29. The van der Waals surface area contributed by atoms with Gasteiger partial charge in [0.25, 0.3) is 5.91 Å². The fraction of sp³-hybridized carbons (Fsp3) is 0.158. The van der Waals surface area contributed by atoms with Crippen LogP contribution in [0.2, 0.25) is 0 Å². The molecule has 112 heavy (non-hydrogen) atoms. The first-order chi connectivity index (χ1) is 54.8. The lowest BCUT2D eigenvalue weighted by molar-refractivity contribution is 0.0775. The summed E-state index contributed by atoms with van der Waals surface area (Å²) in [6.45, 7) is 16.4. The average Bonchev–Trinajstić information content (AvgIpc) is 1.68. The van der Waals surface area contributed by atoms with Crippen LogP contribution in [0.3, 0.4) is 0 Å². The normalized spacial score (nSPS) is 11.3. The maximum atomic E-state index is 12.8. The second-order valence-corrected chi connectivity index (χ2v) is 30.7. The minimum Gasteiger partial charge on any atom is -0.356 e. The topological polar surface area (TPSA) is 163 Å². The number of hydrogen-bond donors (Lipinski definition) is 4. The van der Waals surface area contributed by atoms with Crippen LogP contribution in [0.25, 0.3) is 46.7 Å². The van der Waals surface area contributed by atoms with Crippen molar-refractivity contribution in [2.45, 2.75) is 71.6 Å². The summed E-state index contributed by atoms with van der Waals surface area (Å²) >= 11 is 6.08. The fourth-order valence-corrected chi connectivity index (χ4v) is 16.1. The summed E-state index contributed by atoms with van der Waals surface area (Å²) in [7, 11) is 0. The highest BCUT2D eigenvalue weighted by Crippen LogP contribution is 2.37. The van der Waals surface area contributed by atoms with E-state index in [2.05, 4.69) is 134 Å². The molecular formula is C95H87N9O4S4. The molecule has 0 radical (unpaired) electrons. The van der Waals surface area contributed by atoms with E-state index in [1.54, 1.807) is 63.6 Å². The molecule has 0 aliphatic carbocycles. The number of carbonyl (C=O) groups excluding carboxylic acids is 4. The van der Waals surface area contributed by atoms with Crippen molar-refractivity contribution in [3.63, 3.8) is 0 Å². The summed E-state index contributed by atoms with van der Waals surface area (Å²) in [4.78, 5) is 76.1. The van der Waals surface area contributed by atoms with Gasteiger partial charge in [0, 0.05) is 92.9 Å². The Morgan fingerprint density at radius 3 is 1.32 bits per heavy atom. The Balaban J connectivity index is 0.000000148. The van der Waals surface area contributed by atoms with Gasteiger partial charge in [0.2, 0.25) is 12.5 Å². The molecule has 6 aromatic heterocycles. The van der Waals surface area contributed by atoms with E-state index in [0.29, 0.717) is 49.7 Å². The predicted octanol–water partition coefficient (Wildman–Crippen LogP) is 25.6. The Morgan fingerprint density at radius 2 is 0.884 bits per heavy atom. The molecule has 14 rings (SSSR count). The van der Waals surface area contributed by atoms with Crippen LogP contribution in [0.15, 0.2) is 310 Å². The van der Waals surface area contributed by atoms with E-state index >= 15 is 0 Å². The lowest BCUT2D eigenvalue weighted by atomic mass is 9.95. The van der Waals surface area contributed by atoms with E-state index in [9.17, 15) is 19.2 Å². The third-order valence-electron chi connectivity index (χ3n) is 18.3. The molecule has 3 atom stereocenters. The Labute approximate surface area is 673 Å². The molecule has 0 fully saturated rings. The third-order valence-corrected chi connectivity index (χ3v) is 22.8. The number of para-hydroxylation sites is 3. The highest BCUT2D eigenvalue weighted by atomic mass is 32.1. The van der Waals surface area contributed by atoms with E-state index in [4.69, 9.17) is 13.0 Å². The first-order valence-corrected chi connectivity index (χ1v) is 40.5. The van der Waals surface area contributed by atoms with Gasteiger partial charge in [-0.05, 0) is 199 Å². The first kappa shape index (κ1) is 80.5. The van der Waals surface area contributed by atoms with Crippen LogP contribution >= 0.6 is 45.3 Å². The monoisotopic (exact) mass is 1550 g/mol. The molecule has 1 unspecified atom stereocenters. The van der Waals surface area contributed by atoms with Gasteiger partial charge >= 0.3 is 0 Å². The molecule has 0 saturated carbocycles. The summed E-state index contributed by atoms with van der Waals surface area (Å²) in [5.41, 5.74) is 13.6. The van der Waals surface area contributed by atoms with Crippen molar-refractivity contribution in [2.24, 2.45) is 5.92 Å².